The number of benzene rings is 2. The number of aromatic nitrogens is 3. The molecular formula is C17H13Cl2N3O2S. The molecule has 8 heteroatoms. The average Bonchev–Trinajstić information content (AvgIpc) is 3.09. The van der Waals surface area contributed by atoms with Crippen LogP contribution in [0.4, 0.5) is 0 Å². The molecule has 1 N–H and O–H groups in total. The van der Waals surface area contributed by atoms with Crippen molar-refractivity contribution in [1.82, 2.24) is 15.2 Å². The molecule has 0 saturated heterocycles. The first kappa shape index (κ1) is 17.8. The van der Waals surface area contributed by atoms with Gasteiger partial charge in [-0.15, -0.1) is 5.10 Å². The second-order valence-corrected chi connectivity index (χ2v) is 6.85. The first-order valence-electron chi connectivity index (χ1n) is 7.24. The number of thioether (sulfide) groups is 1. The van der Waals surface area contributed by atoms with Crippen molar-refractivity contribution >= 4 is 40.7 Å². The van der Waals surface area contributed by atoms with Crippen LogP contribution in [0, 0.1) is 0 Å². The number of nitrogens with one attached hydrogen (secondary N) is 1. The fourth-order valence-electron chi connectivity index (χ4n) is 2.15. The van der Waals surface area contributed by atoms with E-state index in [1.165, 1.54) is 11.8 Å². The van der Waals surface area contributed by atoms with Gasteiger partial charge in [-0.1, -0.05) is 35.0 Å². The maximum atomic E-state index is 12.2. The smallest absolute Gasteiger partial charge is 0.209 e. The maximum absolute atomic E-state index is 12.2. The number of hydrogen-bond acceptors (Lipinski definition) is 5. The predicted octanol–water partition coefficient (Wildman–Crippen LogP) is 4.76. The zero-order valence-electron chi connectivity index (χ0n) is 13.1. The molecule has 0 amide bonds. The molecule has 128 valence electrons. The first-order valence-corrected chi connectivity index (χ1v) is 8.99. The predicted molar refractivity (Wildman–Crippen MR) is 99.9 cm³/mol. The molecule has 25 heavy (non-hydrogen) atoms. The van der Waals surface area contributed by atoms with Gasteiger partial charge in [-0.3, -0.25) is 9.89 Å². The van der Waals surface area contributed by atoms with Crippen LogP contribution in [-0.4, -0.2) is 33.8 Å². The Morgan fingerprint density at radius 2 is 1.88 bits per heavy atom. The first-order chi connectivity index (χ1) is 12.1. The van der Waals surface area contributed by atoms with E-state index >= 15 is 0 Å². The van der Waals surface area contributed by atoms with Gasteiger partial charge in [0.25, 0.3) is 0 Å². The van der Waals surface area contributed by atoms with E-state index in [0.717, 1.165) is 0 Å². The number of carbonyl (C=O) groups excluding carboxylic acids is 1. The molecule has 0 fully saturated rings. The van der Waals surface area contributed by atoms with Gasteiger partial charge >= 0.3 is 0 Å². The molecule has 0 aliphatic carbocycles. The van der Waals surface area contributed by atoms with Crippen LogP contribution in [0.1, 0.15) is 10.4 Å². The number of methoxy groups -OCH3 is 1. The minimum atomic E-state index is -0.0200. The second-order valence-electron chi connectivity index (χ2n) is 5.03. The van der Waals surface area contributed by atoms with Crippen molar-refractivity contribution in [2.75, 3.05) is 12.9 Å². The highest BCUT2D eigenvalue weighted by atomic mass is 35.5. The lowest BCUT2D eigenvalue weighted by Gasteiger charge is -2.05. The Balaban J connectivity index is 1.71. The summed E-state index contributed by atoms with van der Waals surface area (Å²) in [7, 11) is 1.57. The van der Waals surface area contributed by atoms with Gasteiger partial charge in [-0.05, 0) is 42.5 Å². The number of halogens is 2. The standard InChI is InChI=1S/C17H13Cl2N3O2S/c1-24-15-7-6-12(19)8-13(15)16-20-17(22-21-16)25-9-14(23)10-2-4-11(18)5-3-10/h2-8H,9H2,1H3,(H,20,21,22). The highest BCUT2D eigenvalue weighted by Gasteiger charge is 2.14. The third kappa shape index (κ3) is 4.34. The average molecular weight is 394 g/mol. The number of hydrogen-bond donors (Lipinski definition) is 1. The fourth-order valence-corrected chi connectivity index (χ4v) is 3.14. The van der Waals surface area contributed by atoms with E-state index in [2.05, 4.69) is 15.2 Å². The third-order valence-electron chi connectivity index (χ3n) is 3.38. The van der Waals surface area contributed by atoms with Gasteiger partial charge in [0.15, 0.2) is 11.6 Å². The number of ether oxygens (including phenoxy) is 1. The van der Waals surface area contributed by atoms with Gasteiger partial charge < -0.3 is 4.74 Å². The topological polar surface area (TPSA) is 67.9 Å². The van der Waals surface area contributed by atoms with Crippen LogP contribution in [0.15, 0.2) is 47.6 Å². The van der Waals surface area contributed by atoms with Crippen LogP contribution in [0.2, 0.25) is 10.0 Å². The molecule has 3 aromatic rings. The van der Waals surface area contributed by atoms with Crippen LogP contribution in [0.3, 0.4) is 0 Å². The summed E-state index contributed by atoms with van der Waals surface area (Å²) in [6, 6.07) is 12.0. The summed E-state index contributed by atoms with van der Waals surface area (Å²) in [6.45, 7) is 0. The van der Waals surface area contributed by atoms with Gasteiger partial charge in [0.1, 0.15) is 5.75 Å². The quantitative estimate of drug-likeness (QED) is 0.482. The van der Waals surface area contributed by atoms with Gasteiger partial charge in [0.05, 0.1) is 18.4 Å². The number of rotatable bonds is 6. The molecule has 0 aliphatic rings. The maximum Gasteiger partial charge on any atom is 0.209 e. The summed E-state index contributed by atoms with van der Waals surface area (Å²) in [6.07, 6.45) is 0. The highest BCUT2D eigenvalue weighted by Crippen LogP contribution is 2.31. The van der Waals surface area contributed by atoms with Gasteiger partial charge in [-0.2, -0.15) is 0 Å². The summed E-state index contributed by atoms with van der Waals surface area (Å²) in [5.74, 6) is 1.37. The number of Topliss-reactive ketones (excluding diaryl/α,β-unsaturated/α-hetero) is 1. The van der Waals surface area contributed by atoms with Crippen molar-refractivity contribution in [3.63, 3.8) is 0 Å². The van der Waals surface area contributed by atoms with Crippen molar-refractivity contribution < 1.29 is 9.53 Å². The Kier molecular flexibility index (Phi) is 5.63. The Hall–Kier alpha value is -2.02. The molecule has 0 atom stereocenters. The lowest BCUT2D eigenvalue weighted by atomic mass is 10.1. The molecule has 0 aliphatic heterocycles. The Labute approximate surface area is 158 Å². The molecule has 0 spiro atoms. The van der Waals surface area contributed by atoms with Crippen molar-refractivity contribution in [2.24, 2.45) is 0 Å². The molecule has 2 aromatic carbocycles. The van der Waals surface area contributed by atoms with Gasteiger partial charge in [0.2, 0.25) is 5.16 Å². The summed E-state index contributed by atoms with van der Waals surface area (Å²) < 4.78 is 5.31. The zero-order chi connectivity index (χ0) is 17.8. The largest absolute Gasteiger partial charge is 0.496 e. The minimum Gasteiger partial charge on any atom is -0.496 e. The number of aromatic amines is 1. The van der Waals surface area contributed by atoms with E-state index in [4.69, 9.17) is 27.9 Å². The highest BCUT2D eigenvalue weighted by molar-refractivity contribution is 7.99. The van der Waals surface area contributed by atoms with Crippen LogP contribution in [0.5, 0.6) is 5.75 Å². The number of ketones is 1. The van der Waals surface area contributed by atoms with Crippen molar-refractivity contribution in [1.29, 1.82) is 0 Å². The molecule has 0 bridgehead atoms. The number of nitrogens with zero attached hydrogens (tertiary/aromatic N) is 2. The summed E-state index contributed by atoms with van der Waals surface area (Å²) in [4.78, 5) is 16.6. The third-order valence-corrected chi connectivity index (χ3v) is 4.71. The molecule has 1 aromatic heterocycles. The summed E-state index contributed by atoms with van der Waals surface area (Å²) in [5, 5.41) is 8.61. The Bertz CT molecular complexity index is 897. The van der Waals surface area contributed by atoms with E-state index in [1.54, 1.807) is 49.6 Å². The fraction of sp³-hybridized carbons (Fsp3) is 0.118. The molecule has 0 unspecified atom stereocenters. The van der Waals surface area contributed by atoms with Crippen molar-refractivity contribution in [3.05, 3.63) is 58.1 Å². The lowest BCUT2D eigenvalue weighted by molar-refractivity contribution is 0.102. The van der Waals surface area contributed by atoms with Crippen LogP contribution in [0.25, 0.3) is 11.4 Å². The number of carbonyl (C=O) groups is 1. The van der Waals surface area contributed by atoms with E-state index in [0.29, 0.717) is 37.9 Å². The summed E-state index contributed by atoms with van der Waals surface area (Å²) >= 11 is 13.1. The van der Waals surface area contributed by atoms with Crippen LogP contribution in [-0.2, 0) is 0 Å². The lowest BCUT2D eigenvalue weighted by Crippen LogP contribution is -2.02. The normalized spacial score (nSPS) is 10.7. The monoisotopic (exact) mass is 393 g/mol. The van der Waals surface area contributed by atoms with E-state index in [9.17, 15) is 4.79 Å². The van der Waals surface area contributed by atoms with Crippen molar-refractivity contribution in [2.45, 2.75) is 5.16 Å². The molecule has 1 heterocycles. The summed E-state index contributed by atoms with van der Waals surface area (Å²) in [5.41, 5.74) is 1.31. The van der Waals surface area contributed by atoms with E-state index < -0.39 is 0 Å². The zero-order valence-corrected chi connectivity index (χ0v) is 15.5. The molecule has 0 saturated carbocycles. The van der Waals surface area contributed by atoms with Crippen LogP contribution < -0.4 is 4.74 Å². The molecule has 5 nitrogen and oxygen atoms in total. The number of H-pyrrole nitrogens is 1. The van der Waals surface area contributed by atoms with Crippen LogP contribution >= 0.6 is 35.0 Å². The Morgan fingerprint density at radius 3 is 2.60 bits per heavy atom. The van der Waals surface area contributed by atoms with E-state index in [-0.39, 0.29) is 11.5 Å². The van der Waals surface area contributed by atoms with Crippen molar-refractivity contribution in [3.8, 4) is 17.1 Å². The van der Waals surface area contributed by atoms with Gasteiger partial charge in [0, 0.05) is 15.6 Å². The molecule has 0 radical (unpaired) electrons. The minimum absolute atomic E-state index is 0.0200. The van der Waals surface area contributed by atoms with Gasteiger partial charge in [-0.25, -0.2) is 4.98 Å². The molecular weight excluding hydrogens is 381 g/mol. The molecule has 3 rings (SSSR count). The van der Waals surface area contributed by atoms with E-state index in [1.807, 2.05) is 0 Å². The Morgan fingerprint density at radius 1 is 1.16 bits per heavy atom. The second kappa shape index (κ2) is 7.91. The SMILES string of the molecule is COc1ccc(Cl)cc1-c1nc(SCC(=O)c2ccc(Cl)cc2)n[nH]1.